The normalized spacial score (nSPS) is 23.8. The van der Waals surface area contributed by atoms with Gasteiger partial charge in [0.15, 0.2) is 0 Å². The van der Waals surface area contributed by atoms with Crippen LogP contribution in [0.1, 0.15) is 32.6 Å². The molecule has 1 N–H and O–H groups in total. The number of rotatable bonds is 4. The Kier molecular flexibility index (Phi) is 5.64. The number of piperidine rings is 2. The summed E-state index contributed by atoms with van der Waals surface area (Å²) in [5, 5.41) is 3.26. The van der Waals surface area contributed by atoms with E-state index in [1.165, 1.54) is 25.7 Å². The second-order valence-corrected chi connectivity index (χ2v) is 6.34. The average molecular weight is 267 g/mol. The summed E-state index contributed by atoms with van der Waals surface area (Å²) in [5.41, 5.74) is 0. The Balaban J connectivity index is 1.69. The number of nitrogens with one attached hydrogen (secondary N) is 1. The van der Waals surface area contributed by atoms with Crippen LogP contribution in [0.25, 0.3) is 0 Å². The summed E-state index contributed by atoms with van der Waals surface area (Å²) in [6.07, 6.45) is 4.81. The van der Waals surface area contributed by atoms with Gasteiger partial charge in [-0.05, 0) is 64.2 Å². The lowest BCUT2D eigenvalue weighted by Crippen LogP contribution is -2.46. The van der Waals surface area contributed by atoms with E-state index in [0.717, 1.165) is 44.6 Å². The average Bonchev–Trinajstić information content (AvgIpc) is 2.42. The quantitative estimate of drug-likeness (QED) is 0.831. The predicted octanol–water partition coefficient (Wildman–Crippen LogP) is 1.18. The molecule has 0 bridgehead atoms. The van der Waals surface area contributed by atoms with E-state index < -0.39 is 0 Å². The van der Waals surface area contributed by atoms with Gasteiger partial charge < -0.3 is 10.2 Å². The maximum atomic E-state index is 12.3. The molecule has 0 aromatic heterocycles. The van der Waals surface area contributed by atoms with Crippen molar-refractivity contribution < 1.29 is 4.79 Å². The summed E-state index contributed by atoms with van der Waals surface area (Å²) in [6.45, 7) is 8.15. The Morgan fingerprint density at radius 3 is 2.32 bits per heavy atom. The third kappa shape index (κ3) is 4.46. The van der Waals surface area contributed by atoms with Crippen LogP contribution in [-0.2, 0) is 4.79 Å². The van der Waals surface area contributed by atoms with Gasteiger partial charge in [0.2, 0.25) is 5.91 Å². The number of likely N-dealkylation sites (tertiary alicyclic amines) is 2. The van der Waals surface area contributed by atoms with Crippen molar-refractivity contribution in [1.29, 1.82) is 0 Å². The molecule has 2 aliphatic heterocycles. The van der Waals surface area contributed by atoms with Gasteiger partial charge in [-0.1, -0.05) is 6.92 Å². The van der Waals surface area contributed by atoms with Crippen LogP contribution in [0.3, 0.4) is 0 Å². The molecule has 0 radical (unpaired) electrons. The van der Waals surface area contributed by atoms with Crippen molar-refractivity contribution in [3.05, 3.63) is 0 Å². The summed E-state index contributed by atoms with van der Waals surface area (Å²) in [7, 11) is 2.02. The summed E-state index contributed by atoms with van der Waals surface area (Å²) in [5.74, 6) is 1.94. The van der Waals surface area contributed by atoms with Crippen LogP contribution in [0, 0.1) is 11.8 Å². The monoisotopic (exact) mass is 267 g/mol. The maximum absolute atomic E-state index is 12.3. The second kappa shape index (κ2) is 7.25. The molecular weight excluding hydrogens is 238 g/mol. The minimum Gasteiger partial charge on any atom is -0.342 e. The second-order valence-electron chi connectivity index (χ2n) is 6.34. The summed E-state index contributed by atoms with van der Waals surface area (Å²) < 4.78 is 0. The lowest BCUT2D eigenvalue weighted by molar-refractivity contribution is -0.134. The van der Waals surface area contributed by atoms with Gasteiger partial charge in [0.05, 0.1) is 6.54 Å². The van der Waals surface area contributed by atoms with E-state index in [0.29, 0.717) is 12.5 Å². The number of hydrogen-bond donors (Lipinski definition) is 1. The Labute approximate surface area is 117 Å². The largest absolute Gasteiger partial charge is 0.342 e. The lowest BCUT2D eigenvalue weighted by Gasteiger charge is -2.35. The van der Waals surface area contributed by atoms with Crippen LogP contribution < -0.4 is 5.32 Å². The topological polar surface area (TPSA) is 35.6 Å². The highest BCUT2D eigenvalue weighted by Gasteiger charge is 2.24. The number of nitrogens with zero attached hydrogens (tertiary/aromatic N) is 2. The van der Waals surface area contributed by atoms with Crippen molar-refractivity contribution in [3.8, 4) is 0 Å². The number of hydrogen-bond acceptors (Lipinski definition) is 3. The molecule has 19 heavy (non-hydrogen) atoms. The minimum atomic E-state index is 0.346. The molecule has 0 unspecified atom stereocenters. The van der Waals surface area contributed by atoms with E-state index in [9.17, 15) is 4.79 Å². The highest BCUT2D eigenvalue weighted by molar-refractivity contribution is 5.78. The molecule has 0 aliphatic carbocycles. The first-order valence-corrected chi connectivity index (χ1v) is 7.83. The van der Waals surface area contributed by atoms with Crippen molar-refractivity contribution in [2.24, 2.45) is 11.8 Å². The van der Waals surface area contributed by atoms with Gasteiger partial charge in [0, 0.05) is 13.1 Å². The molecule has 4 heteroatoms. The summed E-state index contributed by atoms with van der Waals surface area (Å²) >= 11 is 0. The smallest absolute Gasteiger partial charge is 0.236 e. The van der Waals surface area contributed by atoms with E-state index in [-0.39, 0.29) is 0 Å². The van der Waals surface area contributed by atoms with Crippen LogP contribution >= 0.6 is 0 Å². The molecule has 0 atom stereocenters. The maximum Gasteiger partial charge on any atom is 0.236 e. The number of amides is 1. The molecule has 0 saturated carbocycles. The van der Waals surface area contributed by atoms with Gasteiger partial charge in [0.25, 0.3) is 0 Å². The molecule has 0 spiro atoms. The van der Waals surface area contributed by atoms with Crippen LogP contribution in [0.2, 0.25) is 0 Å². The predicted molar refractivity (Wildman–Crippen MR) is 78.1 cm³/mol. The minimum absolute atomic E-state index is 0.346. The molecule has 2 heterocycles. The fourth-order valence-electron chi connectivity index (χ4n) is 3.19. The van der Waals surface area contributed by atoms with Crippen molar-refractivity contribution in [3.63, 3.8) is 0 Å². The fraction of sp³-hybridized carbons (Fsp3) is 0.933. The highest BCUT2D eigenvalue weighted by Crippen LogP contribution is 2.18. The standard InChI is InChI=1S/C15H29N3O/c1-13-3-9-18(10-4-13)15(19)12-17-7-5-14(6-8-17)11-16-2/h13-14,16H,3-12H2,1-2H3. The fourth-order valence-corrected chi connectivity index (χ4v) is 3.19. The molecule has 2 fully saturated rings. The van der Waals surface area contributed by atoms with Gasteiger partial charge in [-0.3, -0.25) is 9.69 Å². The van der Waals surface area contributed by atoms with Crippen LogP contribution in [0.15, 0.2) is 0 Å². The van der Waals surface area contributed by atoms with E-state index >= 15 is 0 Å². The zero-order valence-corrected chi connectivity index (χ0v) is 12.5. The molecule has 0 aromatic rings. The summed E-state index contributed by atoms with van der Waals surface area (Å²) in [6, 6.07) is 0. The van der Waals surface area contributed by atoms with E-state index in [4.69, 9.17) is 0 Å². The first-order valence-electron chi connectivity index (χ1n) is 7.83. The first-order chi connectivity index (χ1) is 9.19. The zero-order valence-electron chi connectivity index (χ0n) is 12.5. The molecule has 4 nitrogen and oxygen atoms in total. The Bertz CT molecular complexity index is 279. The third-order valence-electron chi connectivity index (χ3n) is 4.70. The molecule has 1 amide bonds. The van der Waals surface area contributed by atoms with Crippen molar-refractivity contribution >= 4 is 5.91 Å². The molecule has 2 saturated heterocycles. The molecule has 2 aliphatic rings. The molecule has 110 valence electrons. The number of carbonyl (C=O) groups is 1. The molecular formula is C15H29N3O. The summed E-state index contributed by atoms with van der Waals surface area (Å²) in [4.78, 5) is 16.7. The van der Waals surface area contributed by atoms with E-state index in [1.807, 2.05) is 7.05 Å². The number of carbonyl (C=O) groups excluding carboxylic acids is 1. The van der Waals surface area contributed by atoms with Crippen molar-refractivity contribution in [2.45, 2.75) is 32.6 Å². The van der Waals surface area contributed by atoms with Gasteiger partial charge >= 0.3 is 0 Å². The Morgan fingerprint density at radius 1 is 1.11 bits per heavy atom. The molecule has 2 rings (SSSR count). The highest BCUT2D eigenvalue weighted by atomic mass is 16.2. The van der Waals surface area contributed by atoms with Crippen LogP contribution in [0.4, 0.5) is 0 Å². The van der Waals surface area contributed by atoms with E-state index in [2.05, 4.69) is 22.0 Å². The van der Waals surface area contributed by atoms with Gasteiger partial charge in [-0.25, -0.2) is 0 Å². The first kappa shape index (κ1) is 14.8. The van der Waals surface area contributed by atoms with Gasteiger partial charge in [-0.2, -0.15) is 0 Å². The Morgan fingerprint density at radius 2 is 1.74 bits per heavy atom. The van der Waals surface area contributed by atoms with Crippen LogP contribution in [-0.4, -0.2) is 62.0 Å². The van der Waals surface area contributed by atoms with Crippen molar-refractivity contribution in [1.82, 2.24) is 15.1 Å². The molecule has 0 aromatic carbocycles. The SMILES string of the molecule is CNCC1CCN(CC(=O)N2CCC(C)CC2)CC1. The van der Waals surface area contributed by atoms with Crippen molar-refractivity contribution in [2.75, 3.05) is 46.3 Å². The van der Waals surface area contributed by atoms with Crippen LogP contribution in [0.5, 0.6) is 0 Å². The zero-order chi connectivity index (χ0) is 13.7. The van der Waals surface area contributed by atoms with Gasteiger partial charge in [0.1, 0.15) is 0 Å². The van der Waals surface area contributed by atoms with E-state index in [1.54, 1.807) is 0 Å². The van der Waals surface area contributed by atoms with Gasteiger partial charge in [-0.15, -0.1) is 0 Å². The Hall–Kier alpha value is -0.610. The third-order valence-corrected chi connectivity index (χ3v) is 4.70. The lowest BCUT2D eigenvalue weighted by atomic mass is 9.96.